The third kappa shape index (κ3) is 4.28. The van der Waals surface area contributed by atoms with Crippen LogP contribution in [-0.2, 0) is 6.54 Å². The van der Waals surface area contributed by atoms with Crippen LogP contribution in [0.5, 0.6) is 5.75 Å². The van der Waals surface area contributed by atoms with Crippen molar-refractivity contribution in [1.82, 2.24) is 19.9 Å². The van der Waals surface area contributed by atoms with Gasteiger partial charge in [-0.1, -0.05) is 31.2 Å². The molecule has 6 heteroatoms. The second-order valence-corrected chi connectivity index (χ2v) is 7.48. The van der Waals surface area contributed by atoms with E-state index < -0.39 is 0 Å². The Hall–Kier alpha value is -3.67. The summed E-state index contributed by atoms with van der Waals surface area (Å²) >= 11 is 0. The largest absolute Gasteiger partial charge is 0.497 e. The number of nitrogens with zero attached hydrogens (tertiary/aromatic N) is 3. The highest BCUT2D eigenvalue weighted by atomic mass is 16.5. The molecule has 1 N–H and O–H groups in total. The van der Waals surface area contributed by atoms with Gasteiger partial charge in [0.2, 0.25) is 0 Å². The summed E-state index contributed by atoms with van der Waals surface area (Å²) in [5.74, 6) is 1.49. The first-order valence-electron chi connectivity index (χ1n) is 10.5. The van der Waals surface area contributed by atoms with Gasteiger partial charge in [-0.2, -0.15) is 0 Å². The summed E-state index contributed by atoms with van der Waals surface area (Å²) in [5.41, 5.74) is 4.23. The minimum absolute atomic E-state index is 0.124. The first kappa shape index (κ1) is 20.6. The molecule has 0 fully saturated rings. The Morgan fingerprint density at radius 1 is 1.13 bits per heavy atom. The molecule has 6 nitrogen and oxygen atoms in total. The molecule has 2 heterocycles. The third-order valence-corrected chi connectivity index (χ3v) is 5.30. The van der Waals surface area contributed by atoms with Gasteiger partial charge in [0.1, 0.15) is 17.1 Å². The molecule has 2 aromatic heterocycles. The molecule has 4 aromatic rings. The smallest absolute Gasteiger partial charge is 0.251 e. The molecule has 0 aliphatic carbocycles. The van der Waals surface area contributed by atoms with Gasteiger partial charge in [-0.3, -0.25) is 4.79 Å². The lowest BCUT2D eigenvalue weighted by atomic mass is 10.1. The van der Waals surface area contributed by atoms with Crippen molar-refractivity contribution in [2.24, 2.45) is 0 Å². The Bertz CT molecular complexity index is 1200. The van der Waals surface area contributed by atoms with Crippen molar-refractivity contribution in [3.63, 3.8) is 0 Å². The summed E-state index contributed by atoms with van der Waals surface area (Å²) < 4.78 is 7.32. The van der Waals surface area contributed by atoms with Crippen LogP contribution in [0.1, 0.15) is 42.2 Å². The van der Waals surface area contributed by atoms with E-state index >= 15 is 0 Å². The number of aryl methyl sites for hydroxylation is 1. The summed E-state index contributed by atoms with van der Waals surface area (Å²) in [6.07, 6.45) is 2.75. The molecular weight excluding hydrogens is 388 g/mol. The zero-order chi connectivity index (χ0) is 21.8. The molecule has 2 aromatic carbocycles. The van der Waals surface area contributed by atoms with E-state index in [1.807, 2.05) is 67.6 Å². The van der Waals surface area contributed by atoms with E-state index in [2.05, 4.69) is 21.8 Å². The molecule has 1 atom stereocenters. The Morgan fingerprint density at radius 3 is 2.68 bits per heavy atom. The summed E-state index contributed by atoms with van der Waals surface area (Å²) in [7, 11) is 1.64. The maximum absolute atomic E-state index is 12.9. The second-order valence-electron chi connectivity index (χ2n) is 7.48. The molecule has 1 amide bonds. The van der Waals surface area contributed by atoms with Crippen molar-refractivity contribution in [2.45, 2.75) is 32.9 Å². The SMILES string of the molecule is CCCn1c(-c2cccc(C(=O)N[C@H](C)c3ccc(OC)cc3)c2)nc2cccnc21. The minimum Gasteiger partial charge on any atom is -0.497 e. The van der Waals surface area contributed by atoms with Gasteiger partial charge in [0.25, 0.3) is 5.91 Å². The van der Waals surface area contributed by atoms with E-state index in [1.54, 1.807) is 13.3 Å². The molecule has 0 saturated heterocycles. The Balaban J connectivity index is 1.60. The average Bonchev–Trinajstić information content (AvgIpc) is 3.18. The van der Waals surface area contributed by atoms with E-state index in [9.17, 15) is 4.79 Å². The van der Waals surface area contributed by atoms with Gasteiger partial charge >= 0.3 is 0 Å². The zero-order valence-corrected chi connectivity index (χ0v) is 18.0. The number of fused-ring (bicyclic) bond motifs is 1. The Morgan fingerprint density at radius 2 is 1.94 bits per heavy atom. The fraction of sp³-hybridized carbons (Fsp3) is 0.240. The lowest BCUT2D eigenvalue weighted by Gasteiger charge is -2.15. The maximum Gasteiger partial charge on any atom is 0.251 e. The van der Waals surface area contributed by atoms with E-state index in [0.717, 1.165) is 46.8 Å². The molecule has 4 rings (SSSR count). The van der Waals surface area contributed by atoms with Gasteiger partial charge in [0.15, 0.2) is 5.65 Å². The number of benzene rings is 2. The van der Waals surface area contributed by atoms with E-state index in [1.165, 1.54) is 0 Å². The molecule has 0 unspecified atom stereocenters. The number of amides is 1. The fourth-order valence-corrected chi connectivity index (χ4v) is 3.67. The molecule has 0 radical (unpaired) electrons. The third-order valence-electron chi connectivity index (χ3n) is 5.30. The molecular formula is C25H26N4O2. The molecule has 31 heavy (non-hydrogen) atoms. The van der Waals surface area contributed by atoms with Crippen molar-refractivity contribution in [2.75, 3.05) is 7.11 Å². The molecule has 158 valence electrons. The van der Waals surface area contributed by atoms with Crippen molar-refractivity contribution < 1.29 is 9.53 Å². The number of hydrogen-bond donors (Lipinski definition) is 1. The topological polar surface area (TPSA) is 69.0 Å². The number of carbonyl (C=O) groups excluding carboxylic acids is 1. The number of hydrogen-bond acceptors (Lipinski definition) is 4. The average molecular weight is 415 g/mol. The number of pyridine rings is 1. The molecule has 0 spiro atoms. The van der Waals surface area contributed by atoms with Crippen LogP contribution >= 0.6 is 0 Å². The van der Waals surface area contributed by atoms with Gasteiger partial charge in [-0.05, 0) is 55.3 Å². The monoisotopic (exact) mass is 414 g/mol. The highest BCUT2D eigenvalue weighted by Crippen LogP contribution is 2.25. The number of ether oxygens (including phenoxy) is 1. The summed E-state index contributed by atoms with van der Waals surface area (Å²) in [5, 5.41) is 3.08. The quantitative estimate of drug-likeness (QED) is 0.462. The fourth-order valence-electron chi connectivity index (χ4n) is 3.67. The molecule has 0 aliphatic rings. The normalized spacial score (nSPS) is 12.0. The first-order valence-corrected chi connectivity index (χ1v) is 10.5. The second kappa shape index (κ2) is 9.00. The zero-order valence-electron chi connectivity index (χ0n) is 18.0. The van der Waals surface area contributed by atoms with Gasteiger partial charge < -0.3 is 14.6 Å². The summed E-state index contributed by atoms with van der Waals surface area (Å²) in [6.45, 7) is 4.91. The Kier molecular flexibility index (Phi) is 5.98. The van der Waals surface area contributed by atoms with Crippen LogP contribution in [-0.4, -0.2) is 27.6 Å². The standard InChI is InChI=1S/C25H26N4O2/c1-4-15-29-23(28-22-9-6-14-26-24(22)29)19-7-5-8-20(16-19)25(30)27-17(2)18-10-12-21(31-3)13-11-18/h5-14,16-17H,4,15H2,1-3H3,(H,27,30)/t17-/m1/s1. The van der Waals surface area contributed by atoms with E-state index in [4.69, 9.17) is 9.72 Å². The van der Waals surface area contributed by atoms with Crippen molar-refractivity contribution >= 4 is 17.1 Å². The number of imidazole rings is 1. The lowest BCUT2D eigenvalue weighted by molar-refractivity contribution is 0.0940. The number of carbonyl (C=O) groups is 1. The van der Waals surface area contributed by atoms with Gasteiger partial charge in [0, 0.05) is 23.9 Å². The predicted octanol–water partition coefficient (Wildman–Crippen LogP) is 5.01. The van der Waals surface area contributed by atoms with Crippen LogP contribution in [0.4, 0.5) is 0 Å². The van der Waals surface area contributed by atoms with Crippen LogP contribution in [0.3, 0.4) is 0 Å². The van der Waals surface area contributed by atoms with Crippen LogP contribution in [0, 0.1) is 0 Å². The number of rotatable bonds is 7. The summed E-state index contributed by atoms with van der Waals surface area (Å²) in [4.78, 5) is 22.2. The van der Waals surface area contributed by atoms with Gasteiger partial charge in [0.05, 0.1) is 13.2 Å². The van der Waals surface area contributed by atoms with Crippen LogP contribution in [0.2, 0.25) is 0 Å². The molecule has 0 bridgehead atoms. The highest BCUT2D eigenvalue weighted by Gasteiger charge is 2.16. The van der Waals surface area contributed by atoms with E-state index in [-0.39, 0.29) is 11.9 Å². The number of aromatic nitrogens is 3. The van der Waals surface area contributed by atoms with Gasteiger partial charge in [-0.25, -0.2) is 9.97 Å². The highest BCUT2D eigenvalue weighted by molar-refractivity contribution is 5.95. The van der Waals surface area contributed by atoms with Crippen molar-refractivity contribution in [3.8, 4) is 17.1 Å². The maximum atomic E-state index is 12.9. The van der Waals surface area contributed by atoms with Crippen LogP contribution in [0.15, 0.2) is 66.9 Å². The number of methoxy groups -OCH3 is 1. The van der Waals surface area contributed by atoms with Crippen LogP contribution in [0.25, 0.3) is 22.6 Å². The molecule has 0 saturated carbocycles. The van der Waals surface area contributed by atoms with Gasteiger partial charge in [-0.15, -0.1) is 0 Å². The first-order chi connectivity index (χ1) is 15.1. The predicted molar refractivity (Wildman–Crippen MR) is 122 cm³/mol. The lowest BCUT2D eigenvalue weighted by Crippen LogP contribution is -2.26. The van der Waals surface area contributed by atoms with Crippen molar-refractivity contribution in [1.29, 1.82) is 0 Å². The summed E-state index contributed by atoms with van der Waals surface area (Å²) in [6, 6.07) is 19.0. The minimum atomic E-state index is -0.129. The van der Waals surface area contributed by atoms with Crippen LogP contribution < -0.4 is 10.1 Å². The van der Waals surface area contributed by atoms with E-state index in [0.29, 0.717) is 5.56 Å². The van der Waals surface area contributed by atoms with Crippen molar-refractivity contribution in [3.05, 3.63) is 78.0 Å². The molecule has 0 aliphatic heterocycles. The Labute approximate surface area is 181 Å². The number of nitrogens with one attached hydrogen (secondary N) is 1.